The Hall–Kier alpha value is -2.94. The molecule has 8 nitrogen and oxygen atoms in total. The number of rotatable bonds is 4. The lowest BCUT2D eigenvalue weighted by Crippen LogP contribution is -2.37. The number of nitrogens with zero attached hydrogens (tertiary/aromatic N) is 4. The van der Waals surface area contributed by atoms with Gasteiger partial charge in [0.25, 0.3) is 0 Å². The molecule has 0 unspecified atom stereocenters. The van der Waals surface area contributed by atoms with Crippen molar-refractivity contribution < 1.29 is 19.3 Å². The Morgan fingerprint density at radius 1 is 1.29 bits per heavy atom. The molecule has 0 aliphatic carbocycles. The predicted octanol–water partition coefficient (Wildman–Crippen LogP) is 1.31. The molecule has 3 rings (SSSR count). The van der Waals surface area contributed by atoms with E-state index < -0.39 is 5.82 Å². The third kappa shape index (κ3) is 3.69. The van der Waals surface area contributed by atoms with Crippen molar-refractivity contribution >= 4 is 18.0 Å². The third-order valence-electron chi connectivity index (χ3n) is 3.42. The number of morpholine rings is 1. The number of hydrogen-bond donors (Lipinski definition) is 3. The summed E-state index contributed by atoms with van der Waals surface area (Å²) in [6.07, 6.45) is 2.42. The second kappa shape index (κ2) is 7.09. The lowest BCUT2D eigenvalue weighted by atomic mass is 10.2. The van der Waals surface area contributed by atoms with E-state index in [0.29, 0.717) is 31.9 Å². The molecule has 0 bridgehead atoms. The van der Waals surface area contributed by atoms with Crippen LogP contribution in [0.4, 0.5) is 16.2 Å². The van der Waals surface area contributed by atoms with Crippen LogP contribution in [-0.2, 0) is 4.74 Å². The fourth-order valence-electron chi connectivity index (χ4n) is 2.21. The summed E-state index contributed by atoms with van der Waals surface area (Å²) in [4.78, 5) is 9.73. The minimum absolute atomic E-state index is 0.0466. The molecule has 2 aromatic rings. The Kier molecular flexibility index (Phi) is 4.71. The van der Waals surface area contributed by atoms with Crippen LogP contribution in [0.2, 0.25) is 0 Å². The first-order valence-corrected chi connectivity index (χ1v) is 7.30. The molecule has 9 heteroatoms. The summed E-state index contributed by atoms with van der Waals surface area (Å²) in [7, 11) is 0. The zero-order valence-electron chi connectivity index (χ0n) is 12.7. The van der Waals surface area contributed by atoms with E-state index in [2.05, 4.69) is 20.5 Å². The molecule has 126 valence electrons. The zero-order valence-corrected chi connectivity index (χ0v) is 12.7. The van der Waals surface area contributed by atoms with Crippen LogP contribution in [0, 0.1) is 5.82 Å². The fraction of sp³-hybridized carbons (Fsp3) is 0.267. The lowest BCUT2D eigenvalue weighted by molar-refractivity contribution is 0.122. The number of aromatic nitrogens is 2. The van der Waals surface area contributed by atoms with Crippen molar-refractivity contribution in [2.75, 3.05) is 36.6 Å². The Morgan fingerprint density at radius 2 is 2.08 bits per heavy atom. The molecule has 0 radical (unpaired) electrons. The van der Waals surface area contributed by atoms with Gasteiger partial charge in [-0.25, -0.2) is 14.8 Å². The summed E-state index contributed by atoms with van der Waals surface area (Å²) in [6.45, 7) is 2.14. The quantitative estimate of drug-likeness (QED) is 0.572. The number of anilines is 2. The summed E-state index contributed by atoms with van der Waals surface area (Å²) in [5.74, 6) is -0.349. The molecule has 1 aliphatic rings. The Bertz CT molecular complexity index is 750. The van der Waals surface area contributed by atoms with Gasteiger partial charge in [-0.05, 0) is 12.1 Å². The van der Waals surface area contributed by atoms with Crippen molar-refractivity contribution in [2.45, 2.75) is 0 Å². The molecule has 1 fully saturated rings. The molecule has 1 aromatic heterocycles. The van der Waals surface area contributed by atoms with E-state index in [4.69, 9.17) is 4.74 Å². The van der Waals surface area contributed by atoms with Gasteiger partial charge in [0.1, 0.15) is 11.5 Å². The Morgan fingerprint density at radius 3 is 2.83 bits per heavy atom. The minimum atomic E-state index is -0.511. The Balaban J connectivity index is 1.72. The van der Waals surface area contributed by atoms with Crippen LogP contribution in [0.25, 0.3) is 0 Å². The van der Waals surface area contributed by atoms with Gasteiger partial charge in [-0.1, -0.05) is 0 Å². The summed E-state index contributed by atoms with van der Waals surface area (Å²) in [6, 6.07) is 4.12. The predicted molar refractivity (Wildman–Crippen MR) is 86.0 cm³/mol. The first kappa shape index (κ1) is 15.9. The van der Waals surface area contributed by atoms with Gasteiger partial charge in [-0.15, -0.1) is 0 Å². The van der Waals surface area contributed by atoms with Crippen molar-refractivity contribution in [1.82, 2.24) is 9.97 Å². The highest BCUT2D eigenvalue weighted by atomic mass is 19.1. The Labute approximate surface area is 137 Å². The minimum Gasteiger partial charge on any atom is -0.508 e. The number of nitrogens with one attached hydrogen (secondary N) is 1. The van der Waals surface area contributed by atoms with Gasteiger partial charge in [0.05, 0.1) is 25.6 Å². The molecule has 0 atom stereocenters. The SMILES string of the molecule is Oc1ccc(/C=N/Nc2ncc(F)c(N3CCOCC3)n2)c(O)c1. The van der Waals surface area contributed by atoms with E-state index in [1.807, 2.05) is 0 Å². The molecule has 0 amide bonds. The third-order valence-corrected chi connectivity index (χ3v) is 3.42. The molecule has 0 spiro atoms. The van der Waals surface area contributed by atoms with Crippen LogP contribution in [0.15, 0.2) is 29.5 Å². The average molecular weight is 333 g/mol. The fourth-order valence-corrected chi connectivity index (χ4v) is 2.21. The van der Waals surface area contributed by atoms with Crippen LogP contribution in [0.1, 0.15) is 5.56 Å². The van der Waals surface area contributed by atoms with Crippen LogP contribution in [0.3, 0.4) is 0 Å². The number of hydrazone groups is 1. The molecular formula is C15H16FN5O3. The van der Waals surface area contributed by atoms with Gasteiger partial charge in [-0.3, -0.25) is 0 Å². The molecule has 0 saturated carbocycles. The zero-order chi connectivity index (χ0) is 16.9. The highest BCUT2D eigenvalue weighted by molar-refractivity contribution is 5.84. The van der Waals surface area contributed by atoms with Crippen molar-refractivity contribution in [3.8, 4) is 11.5 Å². The van der Waals surface area contributed by atoms with Gasteiger partial charge in [0.2, 0.25) is 5.95 Å². The summed E-state index contributed by atoms with van der Waals surface area (Å²) in [5.41, 5.74) is 2.99. The first-order chi connectivity index (χ1) is 11.6. The largest absolute Gasteiger partial charge is 0.508 e. The number of phenolic OH excluding ortho intramolecular Hbond substituents is 2. The molecule has 24 heavy (non-hydrogen) atoms. The molecule has 1 aromatic carbocycles. The number of phenols is 2. The first-order valence-electron chi connectivity index (χ1n) is 7.30. The van der Waals surface area contributed by atoms with Gasteiger partial charge in [-0.2, -0.15) is 10.1 Å². The highest BCUT2D eigenvalue weighted by Gasteiger charge is 2.17. The topological polar surface area (TPSA) is 103 Å². The van der Waals surface area contributed by atoms with Crippen LogP contribution < -0.4 is 10.3 Å². The maximum absolute atomic E-state index is 13.9. The number of aromatic hydroxyl groups is 2. The monoisotopic (exact) mass is 333 g/mol. The van der Waals surface area contributed by atoms with Crippen LogP contribution >= 0.6 is 0 Å². The number of hydrogen-bond acceptors (Lipinski definition) is 8. The van der Waals surface area contributed by atoms with E-state index in [1.54, 1.807) is 4.90 Å². The van der Waals surface area contributed by atoms with Crippen molar-refractivity contribution in [3.63, 3.8) is 0 Å². The maximum atomic E-state index is 13.9. The molecule has 1 saturated heterocycles. The van der Waals surface area contributed by atoms with Gasteiger partial charge < -0.3 is 19.8 Å². The van der Waals surface area contributed by atoms with E-state index in [9.17, 15) is 14.6 Å². The van der Waals surface area contributed by atoms with Gasteiger partial charge in [0.15, 0.2) is 11.6 Å². The second-order valence-electron chi connectivity index (χ2n) is 5.08. The van der Waals surface area contributed by atoms with Crippen LogP contribution in [0.5, 0.6) is 11.5 Å². The van der Waals surface area contributed by atoms with E-state index in [1.165, 1.54) is 24.4 Å². The lowest BCUT2D eigenvalue weighted by Gasteiger charge is -2.27. The number of benzene rings is 1. The average Bonchev–Trinajstić information content (AvgIpc) is 2.59. The highest BCUT2D eigenvalue weighted by Crippen LogP contribution is 2.21. The summed E-state index contributed by atoms with van der Waals surface area (Å²) < 4.78 is 19.1. The van der Waals surface area contributed by atoms with Gasteiger partial charge >= 0.3 is 0 Å². The molecule has 2 heterocycles. The molecular weight excluding hydrogens is 317 g/mol. The van der Waals surface area contributed by atoms with Crippen molar-refractivity contribution in [3.05, 3.63) is 35.8 Å². The second-order valence-corrected chi connectivity index (χ2v) is 5.08. The van der Waals surface area contributed by atoms with Crippen molar-refractivity contribution in [1.29, 1.82) is 0 Å². The van der Waals surface area contributed by atoms with E-state index >= 15 is 0 Å². The van der Waals surface area contributed by atoms with Gasteiger partial charge in [0, 0.05) is 24.7 Å². The standard InChI is InChI=1S/C15H16FN5O3/c16-12-9-17-15(19-14(12)21-3-5-24-6-4-21)20-18-8-10-1-2-11(22)7-13(10)23/h1-2,7-9,22-23H,3-6H2,(H,17,19,20)/b18-8+. The van der Waals surface area contributed by atoms with E-state index in [0.717, 1.165) is 6.20 Å². The molecule has 3 N–H and O–H groups in total. The summed E-state index contributed by atoms with van der Waals surface area (Å²) in [5, 5.41) is 22.8. The number of halogens is 1. The normalized spacial score (nSPS) is 15.0. The van der Waals surface area contributed by atoms with Crippen molar-refractivity contribution in [2.24, 2.45) is 5.10 Å². The van der Waals surface area contributed by atoms with Crippen LogP contribution in [-0.4, -0.2) is 52.7 Å². The smallest absolute Gasteiger partial charge is 0.245 e. The maximum Gasteiger partial charge on any atom is 0.245 e. The van der Waals surface area contributed by atoms with E-state index in [-0.39, 0.29) is 23.3 Å². The number of ether oxygens (including phenoxy) is 1. The molecule has 1 aliphatic heterocycles. The summed E-state index contributed by atoms with van der Waals surface area (Å²) >= 11 is 0.